The van der Waals surface area contributed by atoms with Crippen molar-refractivity contribution in [2.24, 2.45) is 0 Å². The van der Waals surface area contributed by atoms with Crippen molar-refractivity contribution in [2.75, 3.05) is 0 Å². The van der Waals surface area contributed by atoms with Crippen LogP contribution in [-0.2, 0) is 0 Å². The summed E-state index contributed by atoms with van der Waals surface area (Å²) >= 11 is 0. The highest BCUT2D eigenvalue weighted by molar-refractivity contribution is 6.00. The topological polar surface area (TPSA) is 97.6 Å². The summed E-state index contributed by atoms with van der Waals surface area (Å²) in [6.07, 6.45) is 1.48. The third-order valence-electron chi connectivity index (χ3n) is 2.91. The number of carbonyl (C=O) groups is 1. The molecule has 0 aliphatic heterocycles. The highest BCUT2D eigenvalue weighted by Gasteiger charge is 2.23. The van der Waals surface area contributed by atoms with E-state index in [1.807, 2.05) is 18.2 Å². The summed E-state index contributed by atoms with van der Waals surface area (Å²) < 4.78 is 5.13. The van der Waals surface area contributed by atoms with Gasteiger partial charge in [-0.1, -0.05) is 35.5 Å². The van der Waals surface area contributed by atoms with Gasteiger partial charge in [0.1, 0.15) is 0 Å². The fraction of sp³-hybridized carbons (Fsp3) is 0.154. The second-order valence-corrected chi connectivity index (χ2v) is 4.26. The van der Waals surface area contributed by atoms with Crippen molar-refractivity contribution in [3.05, 3.63) is 48.0 Å². The number of ketones is 1. The molecule has 1 aromatic carbocycles. The monoisotopic (exact) mass is 269 g/mol. The number of hydrogen-bond acceptors (Lipinski definition) is 6. The molecule has 3 aromatic rings. The van der Waals surface area contributed by atoms with Gasteiger partial charge in [0.05, 0.1) is 12.1 Å². The van der Waals surface area contributed by atoms with Gasteiger partial charge in [-0.3, -0.25) is 4.79 Å². The number of hydrogen-bond donors (Lipinski definition) is 1. The number of aromatic amines is 1. The van der Waals surface area contributed by atoms with E-state index in [4.69, 9.17) is 4.52 Å². The molecule has 0 saturated carbocycles. The Labute approximate surface area is 114 Å². The first-order valence-electron chi connectivity index (χ1n) is 6.04. The molecule has 0 saturated heterocycles. The van der Waals surface area contributed by atoms with Crippen LogP contribution in [0.2, 0.25) is 0 Å². The Morgan fingerprint density at radius 1 is 1.30 bits per heavy atom. The number of nitrogens with one attached hydrogen (secondary N) is 1. The van der Waals surface area contributed by atoms with Gasteiger partial charge in [0.15, 0.2) is 11.5 Å². The molecule has 20 heavy (non-hydrogen) atoms. The summed E-state index contributed by atoms with van der Waals surface area (Å²) in [6, 6.07) is 9.00. The van der Waals surface area contributed by atoms with Gasteiger partial charge in [-0.05, 0) is 6.92 Å². The zero-order valence-corrected chi connectivity index (χ0v) is 10.6. The second-order valence-electron chi connectivity index (χ2n) is 4.26. The minimum atomic E-state index is -0.509. The number of Topliss-reactive ketones (excluding diaryl/α,β-unsaturated/α-hetero) is 1. The van der Waals surface area contributed by atoms with E-state index in [0.717, 1.165) is 0 Å². The fourth-order valence-corrected chi connectivity index (χ4v) is 1.79. The molecule has 1 N–H and O–H groups in total. The van der Waals surface area contributed by atoms with E-state index in [1.165, 1.54) is 6.20 Å². The van der Waals surface area contributed by atoms with Crippen molar-refractivity contribution in [3.8, 4) is 11.5 Å². The number of rotatable bonds is 4. The van der Waals surface area contributed by atoms with Crippen LogP contribution < -0.4 is 0 Å². The average Bonchev–Trinajstić information content (AvgIpc) is 3.17. The average molecular weight is 269 g/mol. The van der Waals surface area contributed by atoms with E-state index in [-0.39, 0.29) is 11.7 Å². The maximum absolute atomic E-state index is 12.3. The molecule has 1 unspecified atom stereocenters. The lowest BCUT2D eigenvalue weighted by molar-refractivity contribution is 0.0951. The number of benzene rings is 1. The van der Waals surface area contributed by atoms with Crippen LogP contribution >= 0.6 is 0 Å². The quantitative estimate of drug-likeness (QED) is 0.726. The van der Waals surface area contributed by atoms with Crippen LogP contribution in [0.1, 0.15) is 29.1 Å². The minimum absolute atomic E-state index is 0.0686. The Hall–Kier alpha value is -2.83. The van der Waals surface area contributed by atoms with E-state index < -0.39 is 5.92 Å². The molecule has 1 atom stereocenters. The standard InChI is InChI=1S/C13H11N5O2/c1-8(11(19)9-5-3-2-4-6-9)13-15-12(17-20-13)10-7-14-18-16-10/h2-8H,1H3,(H,14,16,18). The Balaban J connectivity index is 1.84. The van der Waals surface area contributed by atoms with E-state index in [1.54, 1.807) is 19.1 Å². The molecule has 0 aliphatic carbocycles. The summed E-state index contributed by atoms with van der Waals surface area (Å²) in [4.78, 5) is 16.5. The van der Waals surface area contributed by atoms with Gasteiger partial charge in [0, 0.05) is 5.56 Å². The van der Waals surface area contributed by atoms with E-state index in [2.05, 4.69) is 25.6 Å². The molecule has 0 aliphatic rings. The molecule has 0 fully saturated rings. The maximum atomic E-state index is 12.3. The molecule has 0 amide bonds. The molecule has 0 spiro atoms. The number of aromatic nitrogens is 5. The predicted molar refractivity (Wildman–Crippen MR) is 68.9 cm³/mol. The molecule has 0 bridgehead atoms. The van der Waals surface area contributed by atoms with Gasteiger partial charge in [-0.2, -0.15) is 20.4 Å². The summed E-state index contributed by atoms with van der Waals surface area (Å²) in [6.45, 7) is 1.73. The highest BCUT2D eigenvalue weighted by Crippen LogP contribution is 2.21. The lowest BCUT2D eigenvalue weighted by atomic mass is 9.99. The Morgan fingerprint density at radius 2 is 2.10 bits per heavy atom. The Morgan fingerprint density at radius 3 is 2.80 bits per heavy atom. The van der Waals surface area contributed by atoms with Crippen LogP contribution in [0, 0.1) is 0 Å². The van der Waals surface area contributed by atoms with Gasteiger partial charge >= 0.3 is 0 Å². The maximum Gasteiger partial charge on any atom is 0.237 e. The Kier molecular flexibility index (Phi) is 3.08. The summed E-state index contributed by atoms with van der Waals surface area (Å²) in [5.74, 6) is -0.00943. The van der Waals surface area contributed by atoms with Crippen molar-refractivity contribution >= 4 is 5.78 Å². The van der Waals surface area contributed by atoms with Crippen LogP contribution in [-0.4, -0.2) is 31.3 Å². The zero-order valence-electron chi connectivity index (χ0n) is 10.6. The van der Waals surface area contributed by atoms with Crippen molar-refractivity contribution in [2.45, 2.75) is 12.8 Å². The molecule has 7 heteroatoms. The lowest BCUT2D eigenvalue weighted by Gasteiger charge is -2.04. The van der Waals surface area contributed by atoms with Crippen molar-refractivity contribution in [1.82, 2.24) is 25.6 Å². The van der Waals surface area contributed by atoms with Crippen molar-refractivity contribution < 1.29 is 9.32 Å². The minimum Gasteiger partial charge on any atom is -0.338 e. The SMILES string of the molecule is CC(C(=O)c1ccccc1)c1nc(-c2cn[nH]n2)no1. The fourth-order valence-electron chi connectivity index (χ4n) is 1.79. The first kappa shape index (κ1) is 12.2. The molecule has 100 valence electrons. The van der Waals surface area contributed by atoms with Crippen LogP contribution in [0.4, 0.5) is 0 Å². The molecular weight excluding hydrogens is 258 g/mol. The van der Waals surface area contributed by atoms with Crippen molar-refractivity contribution in [1.29, 1.82) is 0 Å². The molecule has 2 aromatic heterocycles. The Bertz CT molecular complexity index is 705. The normalized spacial score (nSPS) is 12.2. The molecule has 0 radical (unpaired) electrons. The van der Waals surface area contributed by atoms with Gasteiger partial charge in [0.2, 0.25) is 11.7 Å². The van der Waals surface area contributed by atoms with Crippen LogP contribution in [0.15, 0.2) is 41.1 Å². The number of nitrogens with zero attached hydrogens (tertiary/aromatic N) is 4. The van der Waals surface area contributed by atoms with Gasteiger partial charge in [-0.25, -0.2) is 0 Å². The second kappa shape index (κ2) is 5.04. The zero-order chi connectivity index (χ0) is 13.9. The summed E-state index contributed by atoms with van der Waals surface area (Å²) in [5.41, 5.74) is 1.08. The number of H-pyrrole nitrogens is 1. The van der Waals surface area contributed by atoms with Crippen LogP contribution in [0.25, 0.3) is 11.5 Å². The number of carbonyl (C=O) groups excluding carboxylic acids is 1. The predicted octanol–water partition coefficient (Wildman–Crippen LogP) is 1.84. The van der Waals surface area contributed by atoms with Gasteiger partial charge in [-0.15, -0.1) is 0 Å². The lowest BCUT2D eigenvalue weighted by Crippen LogP contribution is -2.09. The van der Waals surface area contributed by atoms with Crippen molar-refractivity contribution in [3.63, 3.8) is 0 Å². The first-order valence-corrected chi connectivity index (χ1v) is 6.04. The first-order chi connectivity index (χ1) is 9.75. The summed E-state index contributed by atoms with van der Waals surface area (Å²) in [7, 11) is 0. The highest BCUT2D eigenvalue weighted by atomic mass is 16.5. The summed E-state index contributed by atoms with van der Waals surface area (Å²) in [5, 5.41) is 13.8. The van der Waals surface area contributed by atoms with E-state index in [0.29, 0.717) is 17.1 Å². The third kappa shape index (κ3) is 2.20. The van der Waals surface area contributed by atoms with Crippen LogP contribution in [0.3, 0.4) is 0 Å². The third-order valence-corrected chi connectivity index (χ3v) is 2.91. The molecule has 2 heterocycles. The molecule has 3 rings (SSSR count). The van der Waals surface area contributed by atoms with E-state index >= 15 is 0 Å². The largest absolute Gasteiger partial charge is 0.338 e. The smallest absolute Gasteiger partial charge is 0.237 e. The van der Waals surface area contributed by atoms with E-state index in [9.17, 15) is 4.79 Å². The molecular formula is C13H11N5O2. The van der Waals surface area contributed by atoms with Crippen LogP contribution in [0.5, 0.6) is 0 Å². The van der Waals surface area contributed by atoms with Gasteiger partial charge < -0.3 is 4.52 Å². The molecule has 7 nitrogen and oxygen atoms in total. The van der Waals surface area contributed by atoms with Gasteiger partial charge in [0.25, 0.3) is 0 Å².